The summed E-state index contributed by atoms with van der Waals surface area (Å²) in [6, 6.07) is 12.9. The molecule has 0 atom stereocenters. The van der Waals surface area contributed by atoms with E-state index in [-0.39, 0.29) is 11.3 Å². The van der Waals surface area contributed by atoms with Gasteiger partial charge in [0.2, 0.25) is 0 Å². The zero-order valence-electron chi connectivity index (χ0n) is 15.6. The molecule has 0 saturated heterocycles. The Labute approximate surface area is 180 Å². The predicted molar refractivity (Wildman–Crippen MR) is 119 cm³/mol. The van der Waals surface area contributed by atoms with Gasteiger partial charge in [-0.25, -0.2) is 5.43 Å². The maximum absolute atomic E-state index is 12.2. The summed E-state index contributed by atoms with van der Waals surface area (Å²) in [7, 11) is 0. The molecule has 1 heterocycles. The standard InChI is InChI=1S/C21H19Br2N3O2/c1-12-4-6-17(10-19(12)23)26-13(2)8-15(14(26)3)11-24-25-21(28)18-9-16(22)5-7-20(18)27/h4-11,27H,1-3H3,(H,25,28)/b24-11-. The van der Waals surface area contributed by atoms with Crippen molar-refractivity contribution < 1.29 is 9.90 Å². The minimum atomic E-state index is -0.480. The number of hydrazone groups is 1. The summed E-state index contributed by atoms with van der Waals surface area (Å²) in [6.07, 6.45) is 1.61. The van der Waals surface area contributed by atoms with E-state index in [0.717, 1.165) is 27.1 Å². The van der Waals surface area contributed by atoms with Gasteiger partial charge >= 0.3 is 0 Å². The number of aromatic nitrogens is 1. The van der Waals surface area contributed by atoms with Crippen molar-refractivity contribution in [1.82, 2.24) is 9.99 Å². The Morgan fingerprint density at radius 2 is 1.86 bits per heavy atom. The normalized spacial score (nSPS) is 11.2. The number of phenolic OH excluding ortho intramolecular Hbond substituents is 1. The van der Waals surface area contributed by atoms with E-state index in [1.54, 1.807) is 18.3 Å². The molecule has 0 fully saturated rings. The van der Waals surface area contributed by atoms with E-state index < -0.39 is 5.91 Å². The van der Waals surface area contributed by atoms with Crippen molar-refractivity contribution in [3.63, 3.8) is 0 Å². The van der Waals surface area contributed by atoms with Crippen molar-refractivity contribution in [3.05, 3.63) is 79.5 Å². The molecule has 0 aliphatic heterocycles. The Hall–Kier alpha value is -2.38. The summed E-state index contributed by atoms with van der Waals surface area (Å²) in [6.45, 7) is 6.08. The molecule has 0 aliphatic carbocycles. The molecule has 5 nitrogen and oxygen atoms in total. The molecule has 7 heteroatoms. The lowest BCUT2D eigenvalue weighted by Gasteiger charge is -2.11. The fourth-order valence-corrected chi connectivity index (χ4v) is 3.68. The highest BCUT2D eigenvalue weighted by Gasteiger charge is 2.12. The first-order chi connectivity index (χ1) is 13.3. The van der Waals surface area contributed by atoms with Crippen LogP contribution in [0.5, 0.6) is 5.75 Å². The van der Waals surface area contributed by atoms with E-state index >= 15 is 0 Å². The molecular formula is C21H19Br2N3O2. The molecule has 2 N–H and O–H groups in total. The van der Waals surface area contributed by atoms with Gasteiger partial charge in [-0.1, -0.05) is 37.9 Å². The molecule has 0 bridgehead atoms. The molecule has 2 aromatic carbocycles. The lowest BCUT2D eigenvalue weighted by molar-refractivity contribution is 0.0952. The van der Waals surface area contributed by atoms with Crippen molar-refractivity contribution in [2.24, 2.45) is 5.10 Å². The number of benzene rings is 2. The van der Waals surface area contributed by atoms with Gasteiger partial charge in [-0.15, -0.1) is 0 Å². The van der Waals surface area contributed by atoms with Crippen LogP contribution in [0.2, 0.25) is 0 Å². The smallest absolute Gasteiger partial charge is 0.275 e. The number of hydrogen-bond donors (Lipinski definition) is 2. The second kappa shape index (κ2) is 8.32. The van der Waals surface area contributed by atoms with Crippen molar-refractivity contribution in [1.29, 1.82) is 0 Å². The van der Waals surface area contributed by atoms with Gasteiger partial charge in [0.15, 0.2) is 0 Å². The highest BCUT2D eigenvalue weighted by Crippen LogP contribution is 2.25. The van der Waals surface area contributed by atoms with Crippen LogP contribution in [-0.2, 0) is 0 Å². The van der Waals surface area contributed by atoms with Gasteiger partial charge < -0.3 is 9.67 Å². The summed E-state index contributed by atoms with van der Waals surface area (Å²) in [5.74, 6) is -0.578. The molecule has 1 amide bonds. The summed E-state index contributed by atoms with van der Waals surface area (Å²) in [5.41, 5.74) is 7.81. The van der Waals surface area contributed by atoms with E-state index in [1.165, 1.54) is 11.6 Å². The van der Waals surface area contributed by atoms with E-state index in [9.17, 15) is 9.90 Å². The largest absolute Gasteiger partial charge is 0.507 e. The maximum Gasteiger partial charge on any atom is 0.275 e. The molecule has 0 radical (unpaired) electrons. The van der Waals surface area contributed by atoms with Crippen LogP contribution < -0.4 is 5.43 Å². The molecule has 0 spiro atoms. The molecular weight excluding hydrogens is 486 g/mol. The van der Waals surface area contributed by atoms with Gasteiger partial charge in [0.1, 0.15) is 5.75 Å². The Kier molecular flexibility index (Phi) is 6.05. The Bertz CT molecular complexity index is 1090. The second-order valence-electron chi connectivity index (χ2n) is 6.46. The van der Waals surface area contributed by atoms with Crippen LogP contribution in [0.1, 0.15) is 32.9 Å². The summed E-state index contributed by atoms with van der Waals surface area (Å²) in [4.78, 5) is 12.2. The summed E-state index contributed by atoms with van der Waals surface area (Å²) < 4.78 is 3.88. The van der Waals surface area contributed by atoms with Crippen molar-refractivity contribution in [2.75, 3.05) is 0 Å². The zero-order valence-corrected chi connectivity index (χ0v) is 18.8. The van der Waals surface area contributed by atoms with Crippen LogP contribution in [0.4, 0.5) is 0 Å². The number of aromatic hydroxyl groups is 1. The Morgan fingerprint density at radius 3 is 2.57 bits per heavy atom. The molecule has 0 saturated carbocycles. The minimum absolute atomic E-state index is 0.0981. The molecule has 144 valence electrons. The highest BCUT2D eigenvalue weighted by atomic mass is 79.9. The first-order valence-electron chi connectivity index (χ1n) is 8.55. The van der Waals surface area contributed by atoms with Crippen LogP contribution >= 0.6 is 31.9 Å². The van der Waals surface area contributed by atoms with Gasteiger partial charge in [0.05, 0.1) is 11.8 Å². The fourth-order valence-electron chi connectivity index (χ4n) is 2.95. The average Bonchev–Trinajstić information content (AvgIpc) is 2.93. The number of carbonyl (C=O) groups excluding carboxylic acids is 1. The van der Waals surface area contributed by atoms with Gasteiger partial charge in [0, 0.05) is 31.6 Å². The van der Waals surface area contributed by atoms with Crippen LogP contribution in [0, 0.1) is 20.8 Å². The highest BCUT2D eigenvalue weighted by molar-refractivity contribution is 9.10. The predicted octanol–water partition coefficient (Wildman–Crippen LogP) is 5.40. The number of phenols is 1. The first-order valence-corrected chi connectivity index (χ1v) is 10.1. The SMILES string of the molecule is Cc1ccc(-n2c(C)cc(/C=N\NC(=O)c3cc(Br)ccc3O)c2C)cc1Br. The van der Waals surface area contributed by atoms with Gasteiger partial charge in [-0.2, -0.15) is 5.10 Å². The van der Waals surface area contributed by atoms with Crippen LogP contribution in [0.15, 0.2) is 56.5 Å². The zero-order chi connectivity index (χ0) is 20.4. The van der Waals surface area contributed by atoms with Crippen molar-refractivity contribution in [3.8, 4) is 11.4 Å². The van der Waals surface area contributed by atoms with E-state index in [2.05, 4.69) is 65.2 Å². The van der Waals surface area contributed by atoms with Gasteiger partial charge in [-0.05, 0) is 62.7 Å². The number of rotatable bonds is 4. The number of hydrogen-bond acceptors (Lipinski definition) is 3. The third kappa shape index (κ3) is 4.20. The van der Waals surface area contributed by atoms with Crippen LogP contribution in [-0.4, -0.2) is 21.8 Å². The molecule has 3 aromatic rings. The lowest BCUT2D eigenvalue weighted by atomic mass is 10.2. The number of halogens is 2. The Morgan fingerprint density at radius 1 is 1.11 bits per heavy atom. The number of nitrogens with one attached hydrogen (secondary N) is 1. The molecule has 0 unspecified atom stereocenters. The quantitative estimate of drug-likeness (QED) is 0.369. The third-order valence-electron chi connectivity index (χ3n) is 4.46. The van der Waals surface area contributed by atoms with Crippen LogP contribution in [0.25, 0.3) is 5.69 Å². The first kappa shape index (κ1) is 20.4. The van der Waals surface area contributed by atoms with E-state index in [1.807, 2.05) is 26.8 Å². The number of carbonyl (C=O) groups is 1. The molecule has 1 aromatic heterocycles. The van der Waals surface area contributed by atoms with Gasteiger partial charge in [-0.3, -0.25) is 4.79 Å². The number of aryl methyl sites for hydroxylation is 2. The maximum atomic E-state index is 12.2. The topological polar surface area (TPSA) is 66.6 Å². The number of amides is 1. The van der Waals surface area contributed by atoms with Crippen LogP contribution in [0.3, 0.4) is 0 Å². The monoisotopic (exact) mass is 503 g/mol. The summed E-state index contributed by atoms with van der Waals surface area (Å²) >= 11 is 6.86. The third-order valence-corrected chi connectivity index (χ3v) is 5.80. The number of nitrogens with zero attached hydrogens (tertiary/aromatic N) is 2. The molecule has 3 rings (SSSR count). The molecule has 28 heavy (non-hydrogen) atoms. The molecule has 0 aliphatic rings. The van der Waals surface area contributed by atoms with E-state index in [4.69, 9.17) is 0 Å². The fraction of sp³-hybridized carbons (Fsp3) is 0.143. The minimum Gasteiger partial charge on any atom is -0.507 e. The van der Waals surface area contributed by atoms with Crippen molar-refractivity contribution >= 4 is 44.0 Å². The van der Waals surface area contributed by atoms with E-state index in [0.29, 0.717) is 4.47 Å². The lowest BCUT2D eigenvalue weighted by Crippen LogP contribution is -2.17. The second-order valence-corrected chi connectivity index (χ2v) is 8.23. The summed E-state index contributed by atoms with van der Waals surface area (Å²) in [5, 5.41) is 13.9. The Balaban J connectivity index is 1.82. The van der Waals surface area contributed by atoms with Gasteiger partial charge in [0.25, 0.3) is 5.91 Å². The average molecular weight is 505 g/mol. The van der Waals surface area contributed by atoms with Crippen molar-refractivity contribution in [2.45, 2.75) is 20.8 Å².